The lowest BCUT2D eigenvalue weighted by Gasteiger charge is -2.16. The van der Waals surface area contributed by atoms with Crippen LogP contribution in [0.3, 0.4) is 0 Å². The molecule has 0 fully saturated rings. The van der Waals surface area contributed by atoms with E-state index in [0.717, 1.165) is 0 Å². The first-order valence-electron chi connectivity index (χ1n) is 4.83. The second-order valence-electron chi connectivity index (χ2n) is 3.42. The number of hydrogen-bond donors (Lipinski definition) is 1. The largest absolute Gasteiger partial charge is 0.480 e. The first kappa shape index (κ1) is 13.4. The van der Waals surface area contributed by atoms with Crippen LogP contribution in [-0.4, -0.2) is 30.0 Å². The summed E-state index contributed by atoms with van der Waals surface area (Å²) in [5, 5.41) is 7.00. The fourth-order valence-electron chi connectivity index (χ4n) is 1.20. The molecule has 2 atom stereocenters. The van der Waals surface area contributed by atoms with Crippen molar-refractivity contribution in [2.45, 2.75) is 50.5 Å². The van der Waals surface area contributed by atoms with Crippen molar-refractivity contribution < 1.29 is 18.3 Å². The molecule has 0 aromatic carbocycles. The van der Waals surface area contributed by atoms with Crippen LogP contribution in [0.4, 0.5) is 0 Å². The highest BCUT2D eigenvalue weighted by Gasteiger charge is 2.34. The van der Waals surface area contributed by atoms with Crippen molar-refractivity contribution in [3.05, 3.63) is 0 Å². The molecule has 84 valence electrons. The molecule has 0 aliphatic carbocycles. The Morgan fingerprint density at radius 3 is 2.14 bits per heavy atom. The Kier molecular flexibility index (Phi) is 5.12. The molecule has 0 bridgehead atoms. The molecule has 0 amide bonds. The lowest BCUT2D eigenvalue weighted by molar-refractivity contribution is -0.136. The van der Waals surface area contributed by atoms with Crippen LogP contribution in [0.25, 0.3) is 0 Å². The zero-order valence-corrected chi connectivity index (χ0v) is 9.67. The Hall–Kier alpha value is -0.580. The van der Waals surface area contributed by atoms with Gasteiger partial charge in [-0.15, -0.1) is 0 Å². The highest BCUT2D eigenvalue weighted by Crippen LogP contribution is 2.17. The van der Waals surface area contributed by atoms with Gasteiger partial charge in [0.1, 0.15) is 0 Å². The maximum atomic E-state index is 11.7. The summed E-state index contributed by atoms with van der Waals surface area (Å²) in [5.74, 6) is -1.23. The molecule has 0 heterocycles. The van der Waals surface area contributed by atoms with Gasteiger partial charge in [-0.05, 0) is 19.8 Å². The summed E-state index contributed by atoms with van der Waals surface area (Å²) in [4.78, 5) is 10.8. The summed E-state index contributed by atoms with van der Waals surface area (Å²) < 4.78 is 23.4. The Bertz CT molecular complexity index is 281. The van der Waals surface area contributed by atoms with E-state index in [1.54, 1.807) is 20.8 Å². The van der Waals surface area contributed by atoms with E-state index in [0.29, 0.717) is 12.8 Å². The molecule has 0 saturated carbocycles. The number of carboxylic acid groups (broad SMARTS) is 1. The normalized spacial score (nSPS) is 16.2. The van der Waals surface area contributed by atoms with Crippen LogP contribution < -0.4 is 0 Å². The van der Waals surface area contributed by atoms with Gasteiger partial charge in [-0.25, -0.2) is 8.42 Å². The minimum atomic E-state index is -3.51. The number of carboxylic acids is 1. The van der Waals surface area contributed by atoms with Crippen molar-refractivity contribution in [2.75, 3.05) is 0 Å². The second kappa shape index (κ2) is 5.34. The predicted molar refractivity (Wildman–Crippen MR) is 55.0 cm³/mol. The Morgan fingerprint density at radius 2 is 1.86 bits per heavy atom. The molecule has 0 rings (SSSR count). The Balaban J connectivity index is 4.90. The summed E-state index contributed by atoms with van der Waals surface area (Å²) in [6, 6.07) is 0. The number of hydrogen-bond acceptors (Lipinski definition) is 3. The molecule has 2 unspecified atom stereocenters. The number of sulfone groups is 1. The third-order valence-corrected chi connectivity index (χ3v) is 5.04. The lowest BCUT2D eigenvalue weighted by Crippen LogP contribution is -2.36. The maximum absolute atomic E-state index is 11.7. The molecule has 4 nitrogen and oxygen atoms in total. The van der Waals surface area contributed by atoms with Gasteiger partial charge in [0.15, 0.2) is 15.1 Å². The van der Waals surface area contributed by atoms with E-state index in [1.807, 2.05) is 0 Å². The van der Waals surface area contributed by atoms with E-state index in [2.05, 4.69) is 0 Å². The molecule has 14 heavy (non-hydrogen) atoms. The fourth-order valence-corrected chi connectivity index (χ4v) is 3.07. The van der Waals surface area contributed by atoms with Crippen molar-refractivity contribution in [1.29, 1.82) is 0 Å². The van der Waals surface area contributed by atoms with Gasteiger partial charge in [0.05, 0.1) is 5.25 Å². The van der Waals surface area contributed by atoms with Crippen LogP contribution in [0, 0.1) is 0 Å². The van der Waals surface area contributed by atoms with Crippen LogP contribution in [0.1, 0.15) is 40.0 Å². The van der Waals surface area contributed by atoms with Gasteiger partial charge in [-0.1, -0.05) is 20.3 Å². The van der Waals surface area contributed by atoms with Crippen LogP contribution >= 0.6 is 0 Å². The summed E-state index contributed by atoms with van der Waals surface area (Å²) in [6.45, 7) is 5.08. The van der Waals surface area contributed by atoms with E-state index < -0.39 is 26.3 Å². The molecule has 0 aliphatic rings. The Morgan fingerprint density at radius 1 is 1.36 bits per heavy atom. The monoisotopic (exact) mass is 222 g/mol. The van der Waals surface area contributed by atoms with Crippen LogP contribution in [-0.2, 0) is 14.6 Å². The van der Waals surface area contributed by atoms with Gasteiger partial charge in [-0.2, -0.15) is 0 Å². The van der Waals surface area contributed by atoms with Gasteiger partial charge in [0.2, 0.25) is 0 Å². The highest BCUT2D eigenvalue weighted by atomic mass is 32.2. The average Bonchev–Trinajstić information content (AvgIpc) is 2.11. The first-order chi connectivity index (χ1) is 6.37. The summed E-state index contributed by atoms with van der Waals surface area (Å²) >= 11 is 0. The van der Waals surface area contributed by atoms with Crippen LogP contribution in [0.5, 0.6) is 0 Å². The van der Waals surface area contributed by atoms with Crippen LogP contribution in [0.15, 0.2) is 0 Å². The van der Waals surface area contributed by atoms with Gasteiger partial charge >= 0.3 is 5.97 Å². The van der Waals surface area contributed by atoms with E-state index in [1.165, 1.54) is 0 Å². The minimum absolute atomic E-state index is 0.196. The molecular formula is C9H18O4S. The summed E-state index contributed by atoms with van der Waals surface area (Å²) in [6.07, 6.45) is 1.21. The first-order valence-corrected chi connectivity index (χ1v) is 6.44. The third kappa shape index (κ3) is 2.97. The average molecular weight is 222 g/mol. The lowest BCUT2D eigenvalue weighted by atomic mass is 10.2. The quantitative estimate of drug-likeness (QED) is 0.738. The molecule has 0 aromatic heterocycles. The number of rotatable bonds is 6. The zero-order chi connectivity index (χ0) is 11.4. The topological polar surface area (TPSA) is 71.4 Å². The van der Waals surface area contributed by atoms with Gasteiger partial charge in [-0.3, -0.25) is 4.79 Å². The van der Waals surface area contributed by atoms with Crippen molar-refractivity contribution in [1.82, 2.24) is 0 Å². The molecule has 5 heteroatoms. The van der Waals surface area contributed by atoms with Crippen LogP contribution in [0.2, 0.25) is 0 Å². The third-order valence-electron chi connectivity index (χ3n) is 2.36. The SMILES string of the molecule is CCCC(C(=O)O)S(=O)(=O)C(C)CC. The van der Waals surface area contributed by atoms with Crippen molar-refractivity contribution >= 4 is 15.8 Å². The van der Waals surface area contributed by atoms with Gasteiger partial charge < -0.3 is 5.11 Å². The second-order valence-corrected chi connectivity index (χ2v) is 5.98. The van der Waals surface area contributed by atoms with Crippen molar-refractivity contribution in [3.63, 3.8) is 0 Å². The molecular weight excluding hydrogens is 204 g/mol. The maximum Gasteiger partial charge on any atom is 0.321 e. The predicted octanol–water partition coefficient (Wildman–Crippen LogP) is 1.45. The van der Waals surface area contributed by atoms with E-state index in [4.69, 9.17) is 5.11 Å². The zero-order valence-electron chi connectivity index (χ0n) is 8.86. The van der Waals surface area contributed by atoms with E-state index >= 15 is 0 Å². The van der Waals surface area contributed by atoms with E-state index in [9.17, 15) is 13.2 Å². The molecule has 1 N–H and O–H groups in total. The highest BCUT2D eigenvalue weighted by molar-refractivity contribution is 7.93. The minimum Gasteiger partial charge on any atom is -0.480 e. The number of aliphatic carboxylic acids is 1. The molecule has 0 radical (unpaired) electrons. The molecule has 0 saturated heterocycles. The summed E-state index contributed by atoms with van der Waals surface area (Å²) in [7, 11) is -3.51. The van der Waals surface area contributed by atoms with Gasteiger partial charge in [0.25, 0.3) is 0 Å². The standard InChI is InChI=1S/C9H18O4S/c1-4-6-8(9(10)11)14(12,13)7(3)5-2/h7-8H,4-6H2,1-3H3,(H,10,11). The van der Waals surface area contributed by atoms with Gasteiger partial charge in [0, 0.05) is 0 Å². The van der Waals surface area contributed by atoms with Crippen molar-refractivity contribution in [3.8, 4) is 0 Å². The molecule has 0 aliphatic heterocycles. The Labute approximate surface area is 85.2 Å². The molecule has 0 aromatic rings. The summed E-state index contributed by atoms with van der Waals surface area (Å²) in [5.41, 5.74) is 0. The van der Waals surface area contributed by atoms with Crippen molar-refractivity contribution in [2.24, 2.45) is 0 Å². The molecule has 0 spiro atoms. The smallest absolute Gasteiger partial charge is 0.321 e. The van der Waals surface area contributed by atoms with E-state index in [-0.39, 0.29) is 6.42 Å². The number of carbonyl (C=O) groups is 1. The fraction of sp³-hybridized carbons (Fsp3) is 0.889.